The molecular formula is C25H33N3O3. The predicted molar refractivity (Wildman–Crippen MR) is 121 cm³/mol. The zero-order valence-electron chi connectivity index (χ0n) is 18.6. The van der Waals surface area contributed by atoms with Crippen molar-refractivity contribution in [3.05, 3.63) is 59.7 Å². The molecule has 2 fully saturated rings. The third-order valence-corrected chi connectivity index (χ3v) is 6.44. The van der Waals surface area contributed by atoms with Gasteiger partial charge in [0.05, 0.1) is 26.8 Å². The van der Waals surface area contributed by atoms with Crippen molar-refractivity contribution in [1.82, 2.24) is 14.7 Å². The summed E-state index contributed by atoms with van der Waals surface area (Å²) < 4.78 is 11.0. The average molecular weight is 424 g/mol. The minimum atomic E-state index is 0.0527. The summed E-state index contributed by atoms with van der Waals surface area (Å²) in [5.41, 5.74) is 2.39. The van der Waals surface area contributed by atoms with Crippen LogP contribution >= 0.6 is 0 Å². The first-order valence-electron chi connectivity index (χ1n) is 11.2. The fourth-order valence-electron chi connectivity index (χ4n) is 4.72. The van der Waals surface area contributed by atoms with Gasteiger partial charge in [-0.1, -0.05) is 30.3 Å². The van der Waals surface area contributed by atoms with Gasteiger partial charge >= 0.3 is 0 Å². The number of rotatable bonds is 7. The maximum Gasteiger partial charge on any atom is 0.237 e. The Kier molecular flexibility index (Phi) is 7.10. The van der Waals surface area contributed by atoms with Crippen LogP contribution in [0.5, 0.6) is 11.5 Å². The largest absolute Gasteiger partial charge is 0.497 e. The second-order valence-electron chi connectivity index (χ2n) is 8.39. The van der Waals surface area contributed by atoms with Crippen molar-refractivity contribution < 1.29 is 14.3 Å². The molecule has 31 heavy (non-hydrogen) atoms. The SMILES string of the molecule is COc1ccc(OC)c(C2CCCN2C(=O)CN2CCN(Cc3ccccc3)CC2)c1. The number of carbonyl (C=O) groups excluding carboxylic acids is 1. The van der Waals surface area contributed by atoms with Gasteiger partial charge in [0, 0.05) is 44.8 Å². The van der Waals surface area contributed by atoms with Gasteiger partial charge < -0.3 is 14.4 Å². The summed E-state index contributed by atoms with van der Waals surface area (Å²) in [4.78, 5) is 20.0. The van der Waals surface area contributed by atoms with E-state index in [-0.39, 0.29) is 11.9 Å². The van der Waals surface area contributed by atoms with E-state index in [1.54, 1.807) is 14.2 Å². The van der Waals surface area contributed by atoms with Crippen LogP contribution in [0.25, 0.3) is 0 Å². The van der Waals surface area contributed by atoms with Gasteiger partial charge in [-0.2, -0.15) is 0 Å². The maximum atomic E-state index is 13.2. The standard InChI is InChI=1S/C25H33N3O3/c1-30-21-10-11-24(31-2)22(17-21)23-9-6-12-28(23)25(29)19-27-15-13-26(14-16-27)18-20-7-4-3-5-8-20/h3-5,7-8,10-11,17,23H,6,9,12-16,18-19H2,1-2H3. The summed E-state index contributed by atoms with van der Waals surface area (Å²) in [7, 11) is 3.35. The van der Waals surface area contributed by atoms with Crippen LogP contribution in [-0.4, -0.2) is 74.1 Å². The van der Waals surface area contributed by atoms with Crippen LogP contribution in [0.1, 0.15) is 30.0 Å². The van der Waals surface area contributed by atoms with Gasteiger partial charge in [0.2, 0.25) is 5.91 Å². The lowest BCUT2D eigenvalue weighted by Gasteiger charge is -2.36. The molecule has 2 aliphatic rings. The number of benzene rings is 2. The van der Waals surface area contributed by atoms with Crippen molar-refractivity contribution in [3.8, 4) is 11.5 Å². The number of amides is 1. The Morgan fingerprint density at radius 2 is 1.68 bits per heavy atom. The van der Waals surface area contributed by atoms with Gasteiger partial charge in [-0.25, -0.2) is 0 Å². The Morgan fingerprint density at radius 1 is 0.935 bits per heavy atom. The highest BCUT2D eigenvalue weighted by Crippen LogP contribution is 2.39. The maximum absolute atomic E-state index is 13.2. The summed E-state index contributed by atoms with van der Waals surface area (Å²) >= 11 is 0. The van der Waals surface area contributed by atoms with E-state index in [4.69, 9.17) is 9.47 Å². The third-order valence-electron chi connectivity index (χ3n) is 6.44. The molecule has 1 atom stereocenters. The molecule has 2 aromatic rings. The van der Waals surface area contributed by atoms with Gasteiger partial charge in [-0.3, -0.25) is 14.6 Å². The van der Waals surface area contributed by atoms with Crippen LogP contribution in [0.2, 0.25) is 0 Å². The van der Waals surface area contributed by atoms with Crippen molar-refractivity contribution in [2.45, 2.75) is 25.4 Å². The molecular weight excluding hydrogens is 390 g/mol. The zero-order chi connectivity index (χ0) is 21.6. The average Bonchev–Trinajstić information content (AvgIpc) is 3.30. The van der Waals surface area contributed by atoms with Crippen molar-refractivity contribution >= 4 is 5.91 Å². The molecule has 0 saturated carbocycles. The molecule has 2 saturated heterocycles. The highest BCUT2D eigenvalue weighted by molar-refractivity contribution is 5.79. The van der Waals surface area contributed by atoms with Gasteiger partial charge in [0.25, 0.3) is 0 Å². The summed E-state index contributed by atoms with van der Waals surface area (Å²) in [6.45, 7) is 6.12. The number of methoxy groups -OCH3 is 2. The Bertz CT molecular complexity index is 866. The monoisotopic (exact) mass is 423 g/mol. The second-order valence-corrected chi connectivity index (χ2v) is 8.39. The molecule has 2 aromatic carbocycles. The third kappa shape index (κ3) is 5.20. The van der Waals surface area contributed by atoms with E-state index < -0.39 is 0 Å². The highest BCUT2D eigenvalue weighted by atomic mass is 16.5. The first kappa shape index (κ1) is 21.7. The molecule has 0 spiro atoms. The first-order valence-corrected chi connectivity index (χ1v) is 11.2. The number of carbonyl (C=O) groups is 1. The molecule has 0 aliphatic carbocycles. The molecule has 166 valence electrons. The predicted octanol–water partition coefficient (Wildman–Crippen LogP) is 3.19. The number of nitrogens with zero attached hydrogens (tertiary/aromatic N) is 3. The topological polar surface area (TPSA) is 45.3 Å². The van der Waals surface area contributed by atoms with E-state index in [9.17, 15) is 4.79 Å². The minimum Gasteiger partial charge on any atom is -0.497 e. The van der Waals surface area contributed by atoms with E-state index in [0.29, 0.717) is 6.54 Å². The zero-order valence-corrected chi connectivity index (χ0v) is 18.6. The highest BCUT2D eigenvalue weighted by Gasteiger charge is 2.33. The van der Waals surface area contributed by atoms with Crippen molar-refractivity contribution in [2.24, 2.45) is 0 Å². The Hall–Kier alpha value is -2.57. The van der Waals surface area contributed by atoms with E-state index >= 15 is 0 Å². The lowest BCUT2D eigenvalue weighted by atomic mass is 10.0. The van der Waals surface area contributed by atoms with E-state index in [0.717, 1.165) is 69.2 Å². The lowest BCUT2D eigenvalue weighted by molar-refractivity contribution is -0.133. The molecule has 1 unspecified atom stereocenters. The lowest BCUT2D eigenvalue weighted by Crippen LogP contribution is -2.49. The van der Waals surface area contributed by atoms with Gasteiger partial charge in [-0.15, -0.1) is 0 Å². The quantitative estimate of drug-likeness (QED) is 0.685. The van der Waals surface area contributed by atoms with Crippen molar-refractivity contribution in [2.75, 3.05) is 53.5 Å². The molecule has 2 heterocycles. The molecule has 0 aromatic heterocycles. The molecule has 2 aliphatic heterocycles. The smallest absolute Gasteiger partial charge is 0.237 e. The van der Waals surface area contributed by atoms with Crippen LogP contribution in [0.3, 0.4) is 0 Å². The Morgan fingerprint density at radius 3 is 2.39 bits per heavy atom. The molecule has 0 N–H and O–H groups in total. The molecule has 6 heteroatoms. The van der Waals surface area contributed by atoms with Crippen LogP contribution < -0.4 is 9.47 Å². The van der Waals surface area contributed by atoms with Crippen molar-refractivity contribution in [3.63, 3.8) is 0 Å². The minimum absolute atomic E-state index is 0.0527. The molecule has 0 radical (unpaired) electrons. The van der Waals surface area contributed by atoms with Crippen LogP contribution in [0.15, 0.2) is 48.5 Å². The fourth-order valence-corrected chi connectivity index (χ4v) is 4.72. The fraction of sp³-hybridized carbons (Fsp3) is 0.480. The number of piperazine rings is 1. The van der Waals surface area contributed by atoms with Crippen LogP contribution in [0, 0.1) is 0 Å². The van der Waals surface area contributed by atoms with Gasteiger partial charge in [0.1, 0.15) is 11.5 Å². The Labute approximate surface area is 185 Å². The van der Waals surface area contributed by atoms with E-state index in [1.165, 1.54) is 5.56 Å². The first-order chi connectivity index (χ1) is 15.2. The van der Waals surface area contributed by atoms with Gasteiger partial charge in [0.15, 0.2) is 0 Å². The Balaban J connectivity index is 1.34. The summed E-state index contributed by atoms with van der Waals surface area (Å²) in [6.07, 6.45) is 1.97. The number of hydrogen-bond donors (Lipinski definition) is 0. The summed E-state index contributed by atoms with van der Waals surface area (Å²) in [5, 5.41) is 0. The summed E-state index contributed by atoms with van der Waals surface area (Å²) in [5.74, 6) is 1.83. The molecule has 4 rings (SSSR count). The van der Waals surface area contributed by atoms with E-state index in [1.807, 2.05) is 23.1 Å². The second kappa shape index (κ2) is 10.2. The van der Waals surface area contributed by atoms with Crippen LogP contribution in [0.4, 0.5) is 0 Å². The normalized spacial score (nSPS) is 20.1. The van der Waals surface area contributed by atoms with E-state index in [2.05, 4.69) is 40.1 Å². The number of ether oxygens (including phenoxy) is 2. The number of hydrogen-bond acceptors (Lipinski definition) is 5. The molecule has 0 bridgehead atoms. The summed E-state index contributed by atoms with van der Waals surface area (Å²) in [6, 6.07) is 16.5. The number of likely N-dealkylation sites (tertiary alicyclic amines) is 1. The molecule has 1 amide bonds. The van der Waals surface area contributed by atoms with Gasteiger partial charge in [-0.05, 0) is 36.6 Å². The van der Waals surface area contributed by atoms with Crippen LogP contribution in [-0.2, 0) is 11.3 Å². The molecule has 6 nitrogen and oxygen atoms in total. The van der Waals surface area contributed by atoms with Crippen molar-refractivity contribution in [1.29, 1.82) is 0 Å².